The summed E-state index contributed by atoms with van der Waals surface area (Å²) >= 11 is 0. The lowest BCUT2D eigenvalue weighted by atomic mass is 10.1. The third kappa shape index (κ3) is 25.7. The van der Waals surface area contributed by atoms with Gasteiger partial charge in [0.05, 0.1) is 38.6 Å². The molecule has 1 aliphatic heterocycles. The number of ether oxygens (including phenoxy) is 8. The van der Waals surface area contributed by atoms with E-state index in [0.717, 1.165) is 38.5 Å². The zero-order valence-electron chi connectivity index (χ0n) is 44.4. The third-order valence-corrected chi connectivity index (χ3v) is 13.1. The average Bonchev–Trinajstić information content (AvgIpc) is 3.37. The average molecular weight is 973 g/mol. The summed E-state index contributed by atoms with van der Waals surface area (Å²) in [6, 6.07) is 18.6. The van der Waals surface area contributed by atoms with Gasteiger partial charge in [-0.3, -0.25) is 0 Å². The molecule has 394 valence electrons. The van der Waals surface area contributed by atoms with E-state index in [1.54, 1.807) is 12.1 Å². The number of hydrogen-bond acceptors (Lipinski definition) is 9. The monoisotopic (exact) mass is 973 g/mol. The van der Waals surface area contributed by atoms with Crippen molar-refractivity contribution in [2.75, 3.05) is 46.2 Å². The Morgan fingerprint density at radius 1 is 0.429 bits per heavy atom. The van der Waals surface area contributed by atoms with Gasteiger partial charge < -0.3 is 37.9 Å². The lowest BCUT2D eigenvalue weighted by molar-refractivity contribution is 0.00166. The van der Waals surface area contributed by atoms with Gasteiger partial charge in [0.2, 0.25) is 5.75 Å². The molecule has 0 fully saturated rings. The van der Waals surface area contributed by atoms with Crippen molar-refractivity contribution in [3.63, 3.8) is 0 Å². The highest BCUT2D eigenvalue weighted by Crippen LogP contribution is 2.40. The van der Waals surface area contributed by atoms with Crippen LogP contribution in [-0.2, 0) is 4.74 Å². The Kier molecular flexibility index (Phi) is 32.8. The van der Waals surface area contributed by atoms with Crippen LogP contribution in [0.2, 0.25) is 0 Å². The summed E-state index contributed by atoms with van der Waals surface area (Å²) in [6.45, 7) is 9.40. The lowest BCUT2D eigenvalue weighted by Gasteiger charge is -2.22. The van der Waals surface area contributed by atoms with Gasteiger partial charge in [0.1, 0.15) is 13.2 Å². The van der Waals surface area contributed by atoms with E-state index in [1.807, 2.05) is 48.5 Å². The van der Waals surface area contributed by atoms with Gasteiger partial charge >= 0.3 is 5.97 Å². The molecule has 3 aromatic rings. The van der Waals surface area contributed by atoms with Crippen LogP contribution in [0.1, 0.15) is 230 Å². The Morgan fingerprint density at radius 3 is 1.10 bits per heavy atom. The van der Waals surface area contributed by atoms with Crippen molar-refractivity contribution in [3.8, 4) is 40.2 Å². The Bertz CT molecular complexity index is 1640. The second-order valence-corrected chi connectivity index (χ2v) is 19.5. The van der Waals surface area contributed by atoms with Crippen molar-refractivity contribution in [2.45, 2.75) is 226 Å². The van der Waals surface area contributed by atoms with E-state index in [4.69, 9.17) is 37.9 Å². The predicted molar refractivity (Wildman–Crippen MR) is 287 cm³/mol. The molecule has 0 N–H and O–H groups in total. The maximum Gasteiger partial charge on any atom is 0.338 e. The van der Waals surface area contributed by atoms with E-state index in [9.17, 15) is 4.79 Å². The third-order valence-electron chi connectivity index (χ3n) is 13.1. The number of benzene rings is 3. The van der Waals surface area contributed by atoms with Crippen LogP contribution in [0.15, 0.2) is 60.7 Å². The molecule has 70 heavy (non-hydrogen) atoms. The molecule has 0 amide bonds. The standard InChI is InChI=1S/C61H96O9/c1-4-7-10-13-16-19-22-25-28-35-43-65-58-48-52(61(62)70-53-50-68-56-41-33-31-39-54(56)63-46-38-47-64-55-40-32-34-42-57(55)69-51-53)49-59(66-44-36-29-26-23-20-17-14-11-8-5-2)60(58)67-45-37-30-27-24-21-18-15-12-9-6-3/h31-34,39-42,48-49,53H,4-30,35-38,43-47,50-51H2,1-3H3. The number of esters is 1. The first kappa shape index (κ1) is 58.3. The van der Waals surface area contributed by atoms with E-state index >= 15 is 0 Å². The molecule has 0 atom stereocenters. The van der Waals surface area contributed by atoms with Gasteiger partial charge in [-0.15, -0.1) is 0 Å². The van der Waals surface area contributed by atoms with Crippen LogP contribution in [0.25, 0.3) is 0 Å². The minimum absolute atomic E-state index is 0.0411. The summed E-state index contributed by atoms with van der Waals surface area (Å²) in [7, 11) is 0. The van der Waals surface area contributed by atoms with Crippen LogP contribution in [0.5, 0.6) is 40.2 Å². The summed E-state index contributed by atoms with van der Waals surface area (Å²) in [5.41, 5.74) is 0.328. The van der Waals surface area contributed by atoms with Gasteiger partial charge in [-0.25, -0.2) is 4.79 Å². The van der Waals surface area contributed by atoms with E-state index in [2.05, 4.69) is 20.8 Å². The van der Waals surface area contributed by atoms with Crippen LogP contribution in [0.4, 0.5) is 0 Å². The predicted octanol–water partition coefficient (Wildman–Crippen LogP) is 17.4. The zero-order chi connectivity index (χ0) is 49.4. The molecule has 4 rings (SSSR count). The minimum Gasteiger partial charge on any atom is -0.490 e. The van der Waals surface area contributed by atoms with Crippen molar-refractivity contribution < 1.29 is 42.7 Å². The molecule has 0 aliphatic carbocycles. The van der Waals surface area contributed by atoms with E-state index in [0.29, 0.717) is 85.3 Å². The van der Waals surface area contributed by atoms with Crippen molar-refractivity contribution >= 4 is 5.97 Å². The van der Waals surface area contributed by atoms with E-state index < -0.39 is 12.1 Å². The van der Waals surface area contributed by atoms with Gasteiger partial charge in [-0.2, -0.15) is 0 Å². The van der Waals surface area contributed by atoms with Gasteiger partial charge in [-0.05, 0) is 55.7 Å². The van der Waals surface area contributed by atoms with Crippen LogP contribution < -0.4 is 33.2 Å². The summed E-state index contributed by atoms with van der Waals surface area (Å²) in [5.74, 6) is 3.45. The van der Waals surface area contributed by atoms with Gasteiger partial charge in [0.25, 0.3) is 0 Å². The van der Waals surface area contributed by atoms with Crippen molar-refractivity contribution in [2.24, 2.45) is 0 Å². The van der Waals surface area contributed by atoms with Crippen LogP contribution in [0.3, 0.4) is 0 Å². The Morgan fingerprint density at radius 2 is 0.743 bits per heavy atom. The molecule has 0 spiro atoms. The highest BCUT2D eigenvalue weighted by Gasteiger charge is 2.24. The summed E-state index contributed by atoms with van der Waals surface area (Å²) in [4.78, 5) is 14.4. The molecule has 1 heterocycles. The maximum atomic E-state index is 14.4. The number of carbonyl (C=O) groups excluding carboxylic acids is 1. The normalized spacial score (nSPS) is 13.1. The molecular formula is C61H96O9. The number of hydrogen-bond donors (Lipinski definition) is 0. The topological polar surface area (TPSA) is 90.9 Å². The van der Waals surface area contributed by atoms with E-state index in [1.165, 1.54) is 154 Å². The summed E-state index contributed by atoms with van der Waals surface area (Å²) in [5, 5.41) is 0. The highest BCUT2D eigenvalue weighted by atomic mass is 16.6. The van der Waals surface area contributed by atoms with Crippen LogP contribution in [0, 0.1) is 0 Å². The van der Waals surface area contributed by atoms with Crippen LogP contribution in [-0.4, -0.2) is 58.3 Å². The fourth-order valence-corrected chi connectivity index (χ4v) is 8.86. The Hall–Kier alpha value is -4.27. The molecule has 9 heteroatoms. The molecule has 3 aromatic carbocycles. The van der Waals surface area contributed by atoms with Crippen molar-refractivity contribution in [1.29, 1.82) is 0 Å². The minimum atomic E-state index is -0.782. The molecular weight excluding hydrogens is 877 g/mol. The molecule has 0 aromatic heterocycles. The Labute approximate surface area is 425 Å². The second-order valence-electron chi connectivity index (χ2n) is 19.5. The fraction of sp³-hybridized carbons (Fsp3) is 0.689. The van der Waals surface area contributed by atoms with Crippen molar-refractivity contribution in [3.05, 3.63) is 66.2 Å². The quantitative estimate of drug-likeness (QED) is 0.0411. The van der Waals surface area contributed by atoms with Gasteiger partial charge in [-0.1, -0.05) is 218 Å². The number of fused-ring (bicyclic) bond motifs is 2. The number of carbonyl (C=O) groups is 1. The molecule has 0 unspecified atom stereocenters. The smallest absolute Gasteiger partial charge is 0.338 e. The van der Waals surface area contributed by atoms with Crippen molar-refractivity contribution in [1.82, 2.24) is 0 Å². The number of unbranched alkanes of at least 4 members (excludes halogenated alkanes) is 27. The maximum absolute atomic E-state index is 14.4. The first-order valence-corrected chi connectivity index (χ1v) is 28.6. The summed E-state index contributed by atoms with van der Waals surface area (Å²) in [6.07, 6.45) is 37.2. The van der Waals surface area contributed by atoms with Crippen LogP contribution >= 0.6 is 0 Å². The zero-order valence-corrected chi connectivity index (χ0v) is 44.4. The molecule has 9 nitrogen and oxygen atoms in total. The molecule has 0 radical (unpaired) electrons. The molecule has 0 saturated carbocycles. The first-order chi connectivity index (χ1) is 34.6. The second kappa shape index (κ2) is 39.4. The lowest BCUT2D eigenvalue weighted by Crippen LogP contribution is -2.31. The number of para-hydroxylation sites is 4. The van der Waals surface area contributed by atoms with Gasteiger partial charge in [0.15, 0.2) is 40.6 Å². The molecule has 0 saturated heterocycles. The Balaban J connectivity index is 1.50. The largest absolute Gasteiger partial charge is 0.490 e. The van der Waals surface area contributed by atoms with Gasteiger partial charge in [0, 0.05) is 6.42 Å². The molecule has 0 bridgehead atoms. The van der Waals surface area contributed by atoms with E-state index in [-0.39, 0.29) is 13.2 Å². The first-order valence-electron chi connectivity index (χ1n) is 28.6. The summed E-state index contributed by atoms with van der Waals surface area (Å²) < 4.78 is 50.9. The fourth-order valence-electron chi connectivity index (χ4n) is 8.86. The highest BCUT2D eigenvalue weighted by molar-refractivity contribution is 5.91. The SMILES string of the molecule is CCCCCCCCCCCCOc1cc(C(=O)OC2COc3ccccc3OCCCOc3ccccc3OC2)cc(OCCCCCCCCCCCC)c1OCCCCCCCCCCCC. The number of rotatable bonds is 38. The molecule has 1 aliphatic rings.